The molecule has 0 aliphatic carbocycles. The van der Waals surface area contributed by atoms with Gasteiger partial charge in [-0.2, -0.15) is 0 Å². The first kappa shape index (κ1) is 10.3. The summed E-state index contributed by atoms with van der Waals surface area (Å²) in [6, 6.07) is 0. The quantitative estimate of drug-likeness (QED) is 0.778. The number of aryl methyl sites for hydroxylation is 2. The van der Waals surface area contributed by atoms with E-state index in [9.17, 15) is 0 Å². The van der Waals surface area contributed by atoms with Crippen molar-refractivity contribution >= 4 is 0 Å². The van der Waals surface area contributed by atoms with E-state index in [1.54, 1.807) is 0 Å². The van der Waals surface area contributed by atoms with E-state index in [4.69, 9.17) is 10.2 Å². The first-order valence-corrected chi connectivity index (χ1v) is 4.92. The van der Waals surface area contributed by atoms with Gasteiger partial charge in [0, 0.05) is 24.1 Å². The topological polar surface area (TPSA) is 39.2 Å². The lowest BCUT2D eigenvalue weighted by molar-refractivity contribution is 0.481. The van der Waals surface area contributed by atoms with E-state index in [2.05, 4.69) is 20.8 Å². The molecular formula is C11H19NO. The molecule has 0 aromatic carbocycles. The molecule has 74 valence electrons. The predicted octanol–water partition coefficient (Wildman–Crippen LogP) is 2.73. The van der Waals surface area contributed by atoms with Crippen LogP contribution in [0.25, 0.3) is 0 Å². The van der Waals surface area contributed by atoms with Gasteiger partial charge in [-0.15, -0.1) is 0 Å². The molecule has 1 aromatic heterocycles. The molecule has 0 amide bonds. The Morgan fingerprint density at radius 2 is 2.00 bits per heavy atom. The Morgan fingerprint density at radius 3 is 2.38 bits per heavy atom. The van der Waals surface area contributed by atoms with Crippen LogP contribution in [0.5, 0.6) is 0 Å². The summed E-state index contributed by atoms with van der Waals surface area (Å²) in [5.74, 6) is 2.60. The molecule has 0 radical (unpaired) electrons. The molecule has 0 atom stereocenters. The van der Waals surface area contributed by atoms with Crippen LogP contribution in [0.1, 0.15) is 49.3 Å². The predicted molar refractivity (Wildman–Crippen MR) is 54.8 cm³/mol. The summed E-state index contributed by atoms with van der Waals surface area (Å²) in [6.45, 7) is 9.07. The van der Waals surface area contributed by atoms with Gasteiger partial charge >= 0.3 is 0 Å². The van der Waals surface area contributed by atoms with Crippen molar-refractivity contribution < 1.29 is 4.42 Å². The molecule has 0 bridgehead atoms. The summed E-state index contributed by atoms with van der Waals surface area (Å²) in [5, 5.41) is 0. The van der Waals surface area contributed by atoms with Crippen LogP contribution in [-0.2, 0) is 13.0 Å². The van der Waals surface area contributed by atoms with Gasteiger partial charge in [-0.3, -0.25) is 0 Å². The largest absolute Gasteiger partial charge is 0.466 e. The molecule has 0 aliphatic rings. The average Bonchev–Trinajstić information content (AvgIpc) is 2.41. The van der Waals surface area contributed by atoms with Crippen molar-refractivity contribution in [2.24, 2.45) is 5.73 Å². The van der Waals surface area contributed by atoms with Gasteiger partial charge in [-0.1, -0.05) is 20.8 Å². The molecule has 0 saturated heterocycles. The second-order valence-corrected chi connectivity index (χ2v) is 3.69. The maximum atomic E-state index is 5.72. The Kier molecular flexibility index (Phi) is 3.15. The highest BCUT2D eigenvalue weighted by Crippen LogP contribution is 2.28. The Morgan fingerprint density at radius 1 is 1.38 bits per heavy atom. The van der Waals surface area contributed by atoms with Gasteiger partial charge in [0.15, 0.2) is 0 Å². The highest BCUT2D eigenvalue weighted by Gasteiger charge is 2.17. The molecule has 13 heavy (non-hydrogen) atoms. The van der Waals surface area contributed by atoms with Crippen LogP contribution in [0.4, 0.5) is 0 Å². The summed E-state index contributed by atoms with van der Waals surface area (Å²) in [5.41, 5.74) is 8.24. The highest BCUT2D eigenvalue weighted by molar-refractivity contribution is 5.35. The van der Waals surface area contributed by atoms with Crippen LogP contribution in [-0.4, -0.2) is 0 Å². The molecule has 1 heterocycles. The summed E-state index contributed by atoms with van der Waals surface area (Å²) in [4.78, 5) is 0. The van der Waals surface area contributed by atoms with E-state index in [1.807, 2.05) is 6.92 Å². The van der Waals surface area contributed by atoms with Crippen molar-refractivity contribution in [3.8, 4) is 0 Å². The summed E-state index contributed by atoms with van der Waals surface area (Å²) in [6.07, 6.45) is 0.931. The van der Waals surface area contributed by atoms with E-state index >= 15 is 0 Å². The molecule has 2 nitrogen and oxygen atoms in total. The van der Waals surface area contributed by atoms with Crippen LogP contribution < -0.4 is 5.73 Å². The summed E-state index contributed by atoms with van der Waals surface area (Å²) < 4.78 is 5.67. The molecular weight excluding hydrogens is 162 g/mol. The zero-order chi connectivity index (χ0) is 10.0. The number of rotatable bonds is 3. The van der Waals surface area contributed by atoms with Gasteiger partial charge in [-0.25, -0.2) is 0 Å². The van der Waals surface area contributed by atoms with Crippen molar-refractivity contribution in [1.82, 2.24) is 0 Å². The van der Waals surface area contributed by atoms with Crippen LogP contribution >= 0.6 is 0 Å². The molecule has 0 unspecified atom stereocenters. The molecule has 0 fully saturated rings. The third kappa shape index (κ3) is 1.78. The Balaban J connectivity index is 3.22. The minimum absolute atomic E-state index is 0.502. The third-order valence-corrected chi connectivity index (χ3v) is 2.42. The van der Waals surface area contributed by atoms with Gasteiger partial charge in [0.25, 0.3) is 0 Å². The molecule has 1 rings (SSSR count). The fraction of sp³-hybridized carbons (Fsp3) is 0.636. The van der Waals surface area contributed by atoms with Crippen LogP contribution in [0.3, 0.4) is 0 Å². The minimum Gasteiger partial charge on any atom is -0.466 e. The van der Waals surface area contributed by atoms with E-state index < -0.39 is 0 Å². The zero-order valence-electron chi connectivity index (χ0n) is 8.98. The molecule has 0 aliphatic heterocycles. The SMILES string of the molecule is CCc1oc(C)c(C(C)C)c1CN. The lowest BCUT2D eigenvalue weighted by Gasteiger charge is -2.05. The number of hydrogen-bond donors (Lipinski definition) is 1. The van der Waals surface area contributed by atoms with Crippen molar-refractivity contribution in [1.29, 1.82) is 0 Å². The average molecular weight is 181 g/mol. The fourth-order valence-electron chi connectivity index (χ4n) is 1.93. The standard InChI is InChI=1S/C11H19NO/c1-5-10-9(6-12)11(7(2)3)8(4)13-10/h7H,5-6,12H2,1-4H3. The van der Waals surface area contributed by atoms with Gasteiger partial charge in [0.05, 0.1) is 0 Å². The maximum absolute atomic E-state index is 5.72. The van der Waals surface area contributed by atoms with Crippen molar-refractivity contribution in [2.75, 3.05) is 0 Å². The van der Waals surface area contributed by atoms with Gasteiger partial charge < -0.3 is 10.2 Å². The van der Waals surface area contributed by atoms with Gasteiger partial charge in [0.2, 0.25) is 0 Å². The first-order valence-electron chi connectivity index (χ1n) is 4.92. The van der Waals surface area contributed by atoms with E-state index in [0.29, 0.717) is 12.5 Å². The number of nitrogens with two attached hydrogens (primary N) is 1. The lowest BCUT2D eigenvalue weighted by Crippen LogP contribution is -2.03. The normalized spacial score (nSPS) is 11.2. The monoisotopic (exact) mass is 181 g/mol. The van der Waals surface area contributed by atoms with Gasteiger partial charge in [-0.05, 0) is 12.8 Å². The Bertz CT molecular complexity index is 287. The first-order chi connectivity index (χ1) is 6.11. The second kappa shape index (κ2) is 3.97. The maximum Gasteiger partial charge on any atom is 0.108 e. The summed E-state index contributed by atoms with van der Waals surface area (Å²) in [7, 11) is 0. The molecule has 2 N–H and O–H groups in total. The van der Waals surface area contributed by atoms with Gasteiger partial charge in [0.1, 0.15) is 11.5 Å². The fourth-order valence-corrected chi connectivity index (χ4v) is 1.93. The van der Waals surface area contributed by atoms with E-state index in [-0.39, 0.29) is 0 Å². The molecule has 1 aromatic rings. The summed E-state index contributed by atoms with van der Waals surface area (Å²) >= 11 is 0. The minimum atomic E-state index is 0.502. The van der Waals surface area contributed by atoms with Crippen molar-refractivity contribution in [2.45, 2.75) is 46.6 Å². The molecule has 2 heteroatoms. The number of furan rings is 1. The van der Waals surface area contributed by atoms with Crippen LogP contribution in [0.15, 0.2) is 4.42 Å². The van der Waals surface area contributed by atoms with E-state index in [1.165, 1.54) is 11.1 Å². The lowest BCUT2D eigenvalue weighted by atomic mass is 9.97. The molecule has 0 spiro atoms. The smallest absolute Gasteiger partial charge is 0.108 e. The highest BCUT2D eigenvalue weighted by atomic mass is 16.3. The van der Waals surface area contributed by atoms with Crippen LogP contribution in [0, 0.1) is 6.92 Å². The molecule has 0 saturated carbocycles. The zero-order valence-corrected chi connectivity index (χ0v) is 8.98. The van der Waals surface area contributed by atoms with Crippen LogP contribution in [0.2, 0.25) is 0 Å². The Labute approximate surface area is 80.1 Å². The number of hydrogen-bond acceptors (Lipinski definition) is 2. The van der Waals surface area contributed by atoms with Crippen molar-refractivity contribution in [3.05, 3.63) is 22.6 Å². The van der Waals surface area contributed by atoms with E-state index in [0.717, 1.165) is 17.9 Å². The Hall–Kier alpha value is -0.760. The second-order valence-electron chi connectivity index (χ2n) is 3.69. The third-order valence-electron chi connectivity index (χ3n) is 2.42. The van der Waals surface area contributed by atoms with Crippen molar-refractivity contribution in [3.63, 3.8) is 0 Å².